The molecule has 1 fully saturated rings. The average Bonchev–Trinajstić information content (AvgIpc) is 2.59. The fraction of sp³-hybridized carbons (Fsp3) is 0.429. The Hall–Kier alpha value is -1.72. The van der Waals surface area contributed by atoms with Crippen molar-refractivity contribution in [2.75, 3.05) is 14.1 Å². The molecule has 68 valence electrons. The van der Waals surface area contributed by atoms with E-state index in [-0.39, 0.29) is 11.9 Å². The van der Waals surface area contributed by atoms with Crippen molar-refractivity contribution in [2.45, 2.75) is 6.04 Å². The van der Waals surface area contributed by atoms with Crippen LogP contribution in [0.5, 0.6) is 0 Å². The fourth-order valence-electron chi connectivity index (χ4n) is 1.34. The van der Waals surface area contributed by atoms with Crippen LogP contribution in [0.15, 0.2) is 9.98 Å². The highest BCUT2D eigenvalue weighted by Gasteiger charge is 2.41. The zero-order chi connectivity index (χ0) is 9.59. The van der Waals surface area contributed by atoms with Crippen LogP contribution in [0.3, 0.4) is 0 Å². The van der Waals surface area contributed by atoms with Gasteiger partial charge in [0.2, 0.25) is 0 Å². The molecule has 2 aliphatic rings. The third-order valence-corrected chi connectivity index (χ3v) is 2.13. The molecule has 0 saturated carbocycles. The summed E-state index contributed by atoms with van der Waals surface area (Å²) < 4.78 is 0. The lowest BCUT2D eigenvalue weighted by atomic mass is 10.2. The number of carbonyl (C=O) groups excluding carboxylic acids is 2. The molecule has 3 amide bonds. The Kier molecular flexibility index (Phi) is 1.45. The molecule has 0 aromatic carbocycles. The van der Waals surface area contributed by atoms with Crippen LogP contribution in [0.1, 0.15) is 0 Å². The smallest absolute Gasteiger partial charge is 0.282 e. The highest BCUT2D eigenvalue weighted by molar-refractivity contribution is 6.23. The summed E-state index contributed by atoms with van der Waals surface area (Å²) in [7, 11) is 3.01. The molecule has 2 aliphatic heterocycles. The van der Waals surface area contributed by atoms with Crippen LogP contribution in [0.4, 0.5) is 4.79 Å². The quantitative estimate of drug-likeness (QED) is 0.495. The Labute approximate surface area is 74.6 Å². The fourth-order valence-corrected chi connectivity index (χ4v) is 1.34. The van der Waals surface area contributed by atoms with Crippen molar-refractivity contribution < 1.29 is 9.59 Å². The first kappa shape index (κ1) is 7.90. The van der Waals surface area contributed by atoms with Crippen LogP contribution >= 0.6 is 0 Å². The molecule has 2 heterocycles. The number of aliphatic imine (C=N–C) groups is 2. The van der Waals surface area contributed by atoms with Gasteiger partial charge in [0.05, 0.1) is 0 Å². The normalized spacial score (nSPS) is 26.6. The summed E-state index contributed by atoms with van der Waals surface area (Å²) in [5.41, 5.74) is 0. The Morgan fingerprint density at radius 1 is 1.31 bits per heavy atom. The van der Waals surface area contributed by atoms with Gasteiger partial charge >= 0.3 is 6.03 Å². The van der Waals surface area contributed by atoms with E-state index in [1.165, 1.54) is 18.3 Å². The van der Waals surface area contributed by atoms with Gasteiger partial charge in [0, 0.05) is 14.1 Å². The number of nitrogens with zero attached hydrogens (tertiary/aromatic N) is 4. The summed E-state index contributed by atoms with van der Waals surface area (Å²) in [5, 5.41) is 0. The van der Waals surface area contributed by atoms with Gasteiger partial charge in [0.15, 0.2) is 6.04 Å². The zero-order valence-corrected chi connectivity index (χ0v) is 7.26. The number of imide groups is 1. The lowest BCUT2D eigenvalue weighted by Crippen LogP contribution is -2.58. The number of amidine groups is 1. The Morgan fingerprint density at radius 2 is 2.00 bits per heavy atom. The van der Waals surface area contributed by atoms with Crippen molar-refractivity contribution in [3.8, 4) is 0 Å². The molecule has 0 N–H and O–H groups in total. The average molecular weight is 180 g/mol. The van der Waals surface area contributed by atoms with Crippen LogP contribution in [-0.4, -0.2) is 54.0 Å². The van der Waals surface area contributed by atoms with E-state index in [1.54, 1.807) is 7.05 Å². The van der Waals surface area contributed by atoms with Gasteiger partial charge in [-0.1, -0.05) is 0 Å². The van der Waals surface area contributed by atoms with Gasteiger partial charge in [0.25, 0.3) is 5.91 Å². The van der Waals surface area contributed by atoms with Crippen molar-refractivity contribution in [3.05, 3.63) is 0 Å². The second-order valence-corrected chi connectivity index (χ2v) is 2.89. The predicted molar refractivity (Wildman–Crippen MR) is 45.6 cm³/mol. The molecule has 0 spiro atoms. The largest absolute Gasteiger partial charge is 0.331 e. The van der Waals surface area contributed by atoms with Crippen LogP contribution < -0.4 is 0 Å². The lowest BCUT2D eigenvalue weighted by molar-refractivity contribution is -0.128. The summed E-state index contributed by atoms with van der Waals surface area (Å²) in [4.78, 5) is 32.9. The highest BCUT2D eigenvalue weighted by Crippen LogP contribution is 2.15. The first-order valence-corrected chi connectivity index (χ1v) is 3.77. The van der Waals surface area contributed by atoms with Crippen molar-refractivity contribution in [1.82, 2.24) is 9.80 Å². The van der Waals surface area contributed by atoms with Crippen molar-refractivity contribution >= 4 is 24.1 Å². The van der Waals surface area contributed by atoms with Gasteiger partial charge in [-0.15, -0.1) is 0 Å². The molecule has 0 aromatic heterocycles. The van der Waals surface area contributed by atoms with Crippen molar-refractivity contribution in [1.29, 1.82) is 0 Å². The summed E-state index contributed by atoms with van der Waals surface area (Å²) >= 11 is 0. The number of hydrogen-bond donors (Lipinski definition) is 0. The highest BCUT2D eigenvalue weighted by atomic mass is 16.2. The van der Waals surface area contributed by atoms with E-state index in [0.29, 0.717) is 5.84 Å². The van der Waals surface area contributed by atoms with Crippen LogP contribution in [0.25, 0.3) is 0 Å². The predicted octanol–water partition coefficient (Wildman–Crippen LogP) is -0.681. The van der Waals surface area contributed by atoms with E-state index >= 15 is 0 Å². The molecule has 0 bridgehead atoms. The van der Waals surface area contributed by atoms with Crippen molar-refractivity contribution in [2.24, 2.45) is 9.98 Å². The third-order valence-electron chi connectivity index (χ3n) is 2.13. The Morgan fingerprint density at radius 3 is 2.69 bits per heavy atom. The van der Waals surface area contributed by atoms with E-state index in [9.17, 15) is 9.59 Å². The van der Waals surface area contributed by atoms with Crippen molar-refractivity contribution in [3.63, 3.8) is 0 Å². The number of hydrogen-bond acceptors (Lipinski definition) is 4. The van der Waals surface area contributed by atoms with Gasteiger partial charge in [-0.3, -0.25) is 19.6 Å². The van der Waals surface area contributed by atoms with E-state index in [1.807, 2.05) is 0 Å². The zero-order valence-electron chi connectivity index (χ0n) is 7.26. The molecule has 6 heteroatoms. The monoisotopic (exact) mass is 180 g/mol. The van der Waals surface area contributed by atoms with E-state index in [4.69, 9.17) is 0 Å². The Bertz CT molecular complexity index is 346. The second kappa shape index (κ2) is 2.38. The molecule has 0 aromatic rings. The molecular formula is C7H8N4O2. The number of carbonyl (C=O) groups is 2. The van der Waals surface area contributed by atoms with E-state index in [2.05, 4.69) is 9.98 Å². The maximum Gasteiger partial charge on any atom is 0.331 e. The summed E-state index contributed by atoms with van der Waals surface area (Å²) in [6.07, 6.45) is 1.31. The molecule has 1 saturated heterocycles. The molecule has 0 radical (unpaired) electrons. The van der Waals surface area contributed by atoms with Gasteiger partial charge in [-0.25, -0.2) is 9.79 Å². The second-order valence-electron chi connectivity index (χ2n) is 2.89. The molecule has 6 nitrogen and oxygen atoms in total. The van der Waals surface area contributed by atoms with E-state index < -0.39 is 6.04 Å². The SMILES string of the molecule is CN1C(=O)C2N=CN=C2N(C)C1=O. The molecule has 2 rings (SSSR count). The number of urea groups is 1. The molecule has 13 heavy (non-hydrogen) atoms. The standard InChI is InChI=1S/C7H8N4O2/c1-10-5-4(8-3-9-5)6(12)11(2)7(10)13/h3-4H,1-2H3. The minimum Gasteiger partial charge on any atom is -0.282 e. The lowest BCUT2D eigenvalue weighted by Gasteiger charge is -2.31. The minimum atomic E-state index is -0.618. The molecule has 1 atom stereocenters. The number of amides is 3. The van der Waals surface area contributed by atoms with E-state index in [0.717, 1.165) is 4.90 Å². The van der Waals surface area contributed by atoms with Crippen LogP contribution in [-0.2, 0) is 4.79 Å². The van der Waals surface area contributed by atoms with Gasteiger partial charge < -0.3 is 0 Å². The number of likely N-dealkylation sites (N-methyl/N-ethyl adjacent to an activating group) is 2. The van der Waals surface area contributed by atoms with Gasteiger partial charge in [0.1, 0.15) is 12.2 Å². The van der Waals surface area contributed by atoms with Crippen LogP contribution in [0, 0.1) is 0 Å². The first-order valence-electron chi connectivity index (χ1n) is 3.77. The first-order chi connectivity index (χ1) is 6.13. The summed E-state index contributed by atoms with van der Waals surface area (Å²) in [6, 6.07) is -0.988. The molecular weight excluding hydrogens is 172 g/mol. The topological polar surface area (TPSA) is 65.3 Å². The maximum atomic E-state index is 11.4. The maximum absolute atomic E-state index is 11.4. The van der Waals surface area contributed by atoms with Gasteiger partial charge in [-0.05, 0) is 0 Å². The summed E-state index contributed by atoms with van der Waals surface area (Å²) in [6.45, 7) is 0. The third kappa shape index (κ3) is 0.881. The van der Waals surface area contributed by atoms with Gasteiger partial charge in [-0.2, -0.15) is 0 Å². The number of rotatable bonds is 0. The van der Waals surface area contributed by atoms with Crippen LogP contribution in [0.2, 0.25) is 0 Å². The summed E-state index contributed by atoms with van der Waals surface area (Å²) in [5.74, 6) is 0.0868. The molecule has 0 aliphatic carbocycles. The Balaban J connectivity index is 2.41. The molecule has 1 unspecified atom stereocenters. The number of fused-ring (bicyclic) bond motifs is 1. The minimum absolute atomic E-state index is 0.324.